The molecule has 2 aromatic rings. The predicted molar refractivity (Wildman–Crippen MR) is 151 cm³/mol. The summed E-state index contributed by atoms with van der Waals surface area (Å²) in [6.07, 6.45) is 4.70. The van der Waals surface area contributed by atoms with Crippen LogP contribution in [-0.4, -0.2) is 90.3 Å². The number of hydrogen-bond donors (Lipinski definition) is 2. The average Bonchev–Trinajstić information content (AvgIpc) is 3.47. The number of pyridine rings is 2. The summed E-state index contributed by atoms with van der Waals surface area (Å²) < 4.78 is 5.04. The Morgan fingerprint density at radius 1 is 1.27 bits per heavy atom. The number of methoxy groups -OCH3 is 1. The highest BCUT2D eigenvalue weighted by atomic mass is 16.5. The number of carbonyl (C=O) groups is 4. The van der Waals surface area contributed by atoms with Crippen molar-refractivity contribution in [1.82, 2.24) is 19.8 Å². The Labute approximate surface area is 238 Å². The second-order valence-corrected chi connectivity index (χ2v) is 10.0. The summed E-state index contributed by atoms with van der Waals surface area (Å²) in [6, 6.07) is 4.49. The van der Waals surface area contributed by atoms with Gasteiger partial charge in [0.05, 0.1) is 17.9 Å². The van der Waals surface area contributed by atoms with Crippen LogP contribution in [0.15, 0.2) is 18.3 Å². The van der Waals surface area contributed by atoms with Crippen molar-refractivity contribution in [2.75, 3.05) is 55.9 Å². The number of rotatable bonds is 9. The molecule has 0 spiro atoms. The van der Waals surface area contributed by atoms with Gasteiger partial charge >= 0.3 is 6.03 Å². The summed E-state index contributed by atoms with van der Waals surface area (Å²) in [5.41, 5.74) is 2.35. The van der Waals surface area contributed by atoms with Crippen molar-refractivity contribution in [3.63, 3.8) is 0 Å². The predicted octanol–water partition coefficient (Wildman–Crippen LogP) is 2.17. The first kappa shape index (κ1) is 29.4. The fourth-order valence-corrected chi connectivity index (χ4v) is 5.20. The van der Waals surface area contributed by atoms with Crippen LogP contribution in [0, 0.1) is 11.3 Å². The van der Waals surface area contributed by atoms with E-state index < -0.39 is 12.1 Å². The third-order valence-electron chi connectivity index (χ3n) is 7.24. The molecule has 2 aliphatic heterocycles. The zero-order chi connectivity index (χ0) is 29.5. The number of aromatic nitrogens is 2. The van der Waals surface area contributed by atoms with Crippen LogP contribution >= 0.6 is 0 Å². The van der Waals surface area contributed by atoms with Crippen LogP contribution < -0.4 is 15.5 Å². The Hall–Kier alpha value is -4.57. The normalized spacial score (nSPS) is 16.0. The Morgan fingerprint density at radius 3 is 2.78 bits per heavy atom. The number of aldehydes is 1. The van der Waals surface area contributed by atoms with Gasteiger partial charge in [0.2, 0.25) is 11.8 Å². The molecule has 2 aromatic heterocycles. The van der Waals surface area contributed by atoms with E-state index in [2.05, 4.69) is 26.7 Å². The summed E-state index contributed by atoms with van der Waals surface area (Å²) >= 11 is 0. The molecule has 1 unspecified atom stereocenters. The van der Waals surface area contributed by atoms with Crippen molar-refractivity contribution in [2.45, 2.75) is 45.2 Å². The van der Waals surface area contributed by atoms with Gasteiger partial charge in [0.25, 0.3) is 0 Å². The van der Waals surface area contributed by atoms with Gasteiger partial charge in [0, 0.05) is 65.1 Å². The van der Waals surface area contributed by atoms with Crippen LogP contribution in [-0.2, 0) is 27.3 Å². The smallest absolute Gasteiger partial charge is 0.328 e. The molecule has 1 atom stereocenters. The number of nitrogens with one attached hydrogen (secondary N) is 2. The summed E-state index contributed by atoms with van der Waals surface area (Å²) in [4.78, 5) is 63.7. The lowest BCUT2D eigenvalue weighted by Crippen LogP contribution is -2.45. The lowest BCUT2D eigenvalue weighted by Gasteiger charge is -2.30. The van der Waals surface area contributed by atoms with Gasteiger partial charge in [-0.2, -0.15) is 5.26 Å². The van der Waals surface area contributed by atoms with Gasteiger partial charge in [-0.3, -0.25) is 24.6 Å². The fourth-order valence-electron chi connectivity index (χ4n) is 5.20. The zero-order valence-corrected chi connectivity index (χ0v) is 23.5. The van der Waals surface area contributed by atoms with Gasteiger partial charge < -0.3 is 19.9 Å². The van der Waals surface area contributed by atoms with E-state index >= 15 is 0 Å². The number of nitrogens with zero attached hydrogens (tertiary/aromatic N) is 6. The summed E-state index contributed by atoms with van der Waals surface area (Å²) in [6.45, 7) is 3.46. The summed E-state index contributed by atoms with van der Waals surface area (Å²) in [7, 11) is 3.22. The van der Waals surface area contributed by atoms with Crippen LogP contribution in [0.25, 0.3) is 0 Å². The van der Waals surface area contributed by atoms with Crippen molar-refractivity contribution in [2.24, 2.45) is 0 Å². The minimum absolute atomic E-state index is 0.133. The van der Waals surface area contributed by atoms with Gasteiger partial charge in [0.1, 0.15) is 29.4 Å². The number of fused-ring (bicyclic) bond motifs is 1. The summed E-state index contributed by atoms with van der Waals surface area (Å²) in [5.74, 6) is 0.310. The first-order valence-corrected chi connectivity index (χ1v) is 13.5. The number of aryl methyl sites for hydroxylation is 1. The second kappa shape index (κ2) is 13.2. The Balaban J connectivity index is 1.51. The van der Waals surface area contributed by atoms with E-state index in [-0.39, 0.29) is 29.9 Å². The van der Waals surface area contributed by atoms with Crippen LogP contribution in [0.4, 0.5) is 22.1 Å². The first-order valence-electron chi connectivity index (χ1n) is 13.5. The van der Waals surface area contributed by atoms with E-state index in [1.807, 2.05) is 6.07 Å². The van der Waals surface area contributed by atoms with Gasteiger partial charge in [-0.15, -0.1) is 0 Å². The van der Waals surface area contributed by atoms with Crippen molar-refractivity contribution >= 4 is 41.5 Å². The number of likely N-dealkylation sites (tertiary alicyclic amines) is 1. The van der Waals surface area contributed by atoms with Crippen LogP contribution in [0.5, 0.6) is 0 Å². The Kier molecular flexibility index (Phi) is 9.46. The standard InChI is InChI=1S/C28H34N8O5/c1-18(38)35-9-5-7-24(35)27(39)34(2)16-20-12-19-6-4-10-36(26(19)32-23(20)17-37)28(40)33-25-13-22(30-8-11-41-3)21(14-29)15-31-25/h12-13,15,17,24H,4-11,16H2,1-3H3,(H2,30,31,33,40). The zero-order valence-electron chi connectivity index (χ0n) is 23.5. The van der Waals surface area contributed by atoms with Crippen LogP contribution in [0.3, 0.4) is 0 Å². The first-order chi connectivity index (χ1) is 19.8. The van der Waals surface area contributed by atoms with E-state index in [0.717, 1.165) is 12.0 Å². The lowest BCUT2D eigenvalue weighted by atomic mass is 10.0. The molecule has 41 heavy (non-hydrogen) atoms. The van der Waals surface area contributed by atoms with E-state index in [1.54, 1.807) is 25.1 Å². The molecular weight excluding hydrogens is 528 g/mol. The molecule has 2 N–H and O–H groups in total. The Bertz CT molecular complexity index is 1370. The lowest BCUT2D eigenvalue weighted by molar-refractivity contribution is -0.142. The number of anilines is 3. The molecule has 4 heterocycles. The highest BCUT2D eigenvalue weighted by Gasteiger charge is 2.34. The molecule has 0 radical (unpaired) electrons. The molecule has 4 rings (SSSR count). The van der Waals surface area contributed by atoms with Gasteiger partial charge in [-0.1, -0.05) is 0 Å². The van der Waals surface area contributed by atoms with E-state index in [0.29, 0.717) is 74.4 Å². The fraction of sp³-hybridized carbons (Fsp3) is 0.464. The molecule has 4 amide bonds. The molecule has 1 fully saturated rings. The van der Waals surface area contributed by atoms with Gasteiger partial charge in [-0.25, -0.2) is 14.8 Å². The highest BCUT2D eigenvalue weighted by molar-refractivity contribution is 6.02. The second-order valence-electron chi connectivity index (χ2n) is 10.0. The topological polar surface area (TPSA) is 161 Å². The number of ether oxygens (including phenoxy) is 1. The molecule has 2 aliphatic rings. The maximum absolute atomic E-state index is 13.3. The number of hydrogen-bond acceptors (Lipinski definition) is 9. The monoisotopic (exact) mass is 562 g/mol. The molecule has 13 heteroatoms. The van der Waals surface area contributed by atoms with Gasteiger partial charge in [-0.05, 0) is 37.3 Å². The number of urea groups is 1. The van der Waals surface area contributed by atoms with Crippen molar-refractivity contribution in [3.05, 3.63) is 40.7 Å². The number of carbonyl (C=O) groups excluding carboxylic acids is 4. The third kappa shape index (κ3) is 6.60. The number of likely N-dealkylation sites (N-methyl/N-ethyl adjacent to an activating group) is 1. The average molecular weight is 563 g/mol. The van der Waals surface area contributed by atoms with E-state index in [9.17, 15) is 24.4 Å². The molecule has 1 saturated heterocycles. The van der Waals surface area contributed by atoms with Crippen LogP contribution in [0.2, 0.25) is 0 Å². The summed E-state index contributed by atoms with van der Waals surface area (Å²) in [5, 5.41) is 15.2. The largest absolute Gasteiger partial charge is 0.383 e. The number of amides is 4. The van der Waals surface area contributed by atoms with Crippen molar-refractivity contribution in [3.8, 4) is 6.07 Å². The quantitative estimate of drug-likeness (QED) is 0.345. The van der Waals surface area contributed by atoms with Gasteiger partial charge in [0.15, 0.2) is 6.29 Å². The maximum Gasteiger partial charge on any atom is 0.328 e. The third-order valence-corrected chi connectivity index (χ3v) is 7.24. The maximum atomic E-state index is 13.3. The minimum Gasteiger partial charge on any atom is -0.383 e. The molecule has 0 saturated carbocycles. The molecular formula is C28H34N8O5. The number of nitriles is 1. The van der Waals surface area contributed by atoms with Crippen molar-refractivity contribution < 1.29 is 23.9 Å². The SMILES string of the molecule is COCCNc1cc(NC(=O)N2CCCc3cc(CN(C)C(=O)C4CCCN4C(C)=O)c(C=O)nc32)ncc1C#N. The molecule has 13 nitrogen and oxygen atoms in total. The van der Waals surface area contributed by atoms with E-state index in [1.165, 1.54) is 22.9 Å². The minimum atomic E-state index is -0.506. The van der Waals surface area contributed by atoms with E-state index in [4.69, 9.17) is 4.74 Å². The molecule has 0 aliphatic carbocycles. The molecule has 216 valence electrons. The molecule has 0 aromatic carbocycles. The Morgan fingerprint density at radius 2 is 2.07 bits per heavy atom. The molecule has 0 bridgehead atoms. The van der Waals surface area contributed by atoms with Crippen LogP contribution in [0.1, 0.15) is 53.4 Å². The van der Waals surface area contributed by atoms with Crippen molar-refractivity contribution in [1.29, 1.82) is 5.26 Å². The highest BCUT2D eigenvalue weighted by Crippen LogP contribution is 2.29.